The molecular formula is C14H20N2O3. The lowest BCUT2D eigenvalue weighted by Gasteiger charge is -2.39. The van der Waals surface area contributed by atoms with E-state index in [-0.39, 0.29) is 24.5 Å². The quantitative estimate of drug-likeness (QED) is 0.630. The highest BCUT2D eigenvalue weighted by molar-refractivity contribution is 6.00. The van der Waals surface area contributed by atoms with Crippen LogP contribution in [0, 0.1) is 0 Å². The molecule has 3 N–H and O–H groups in total. The van der Waals surface area contributed by atoms with Crippen molar-refractivity contribution in [2.75, 3.05) is 30.4 Å². The Morgan fingerprint density at radius 2 is 2.32 bits per heavy atom. The number of nitrogens with zero attached hydrogens (tertiary/aromatic N) is 1. The van der Waals surface area contributed by atoms with E-state index in [4.69, 9.17) is 10.5 Å². The summed E-state index contributed by atoms with van der Waals surface area (Å²) in [7, 11) is 0. The zero-order valence-electron chi connectivity index (χ0n) is 11.3. The maximum absolute atomic E-state index is 11.5. The van der Waals surface area contributed by atoms with Gasteiger partial charge in [0.1, 0.15) is 0 Å². The maximum atomic E-state index is 11.5. The lowest BCUT2D eigenvalue weighted by Crippen LogP contribution is -2.49. The molecule has 2 atom stereocenters. The summed E-state index contributed by atoms with van der Waals surface area (Å²) in [6, 6.07) is 5.67. The summed E-state index contributed by atoms with van der Waals surface area (Å²) in [4.78, 5) is 13.7. The molecule has 0 aromatic heterocycles. The fourth-order valence-corrected chi connectivity index (χ4v) is 2.32. The van der Waals surface area contributed by atoms with E-state index in [0.29, 0.717) is 24.4 Å². The Morgan fingerprint density at radius 1 is 1.58 bits per heavy atom. The number of anilines is 2. The largest absolute Gasteiger partial charge is 0.398 e. The highest BCUT2D eigenvalue weighted by Crippen LogP contribution is 2.26. The molecule has 0 aliphatic carbocycles. The summed E-state index contributed by atoms with van der Waals surface area (Å²) >= 11 is 0. The summed E-state index contributed by atoms with van der Waals surface area (Å²) in [5.41, 5.74) is 7.78. The Bertz CT molecular complexity index is 476. The van der Waals surface area contributed by atoms with Crippen LogP contribution in [0.4, 0.5) is 11.4 Å². The van der Waals surface area contributed by atoms with Crippen molar-refractivity contribution in [3.63, 3.8) is 0 Å². The Hall–Kier alpha value is -1.59. The minimum absolute atomic E-state index is 0.00222. The monoisotopic (exact) mass is 264 g/mol. The number of morpholine rings is 1. The van der Waals surface area contributed by atoms with Crippen molar-refractivity contribution in [2.45, 2.75) is 26.0 Å². The maximum Gasteiger partial charge on any atom is 0.161 e. The van der Waals surface area contributed by atoms with Gasteiger partial charge >= 0.3 is 0 Å². The number of rotatable bonds is 3. The summed E-state index contributed by atoms with van der Waals surface area (Å²) in [6.45, 7) is 4.73. The van der Waals surface area contributed by atoms with Gasteiger partial charge in [-0.3, -0.25) is 4.79 Å². The standard InChI is InChI=1S/C14H20N2O3/c1-9-8-19-12(7-17)6-16(9)11-3-4-14(15)13(5-11)10(2)18/h3-5,9,12,17H,6-8,15H2,1-2H3. The number of aliphatic hydroxyl groups is 1. The first-order valence-corrected chi connectivity index (χ1v) is 6.42. The molecule has 2 unspecified atom stereocenters. The van der Waals surface area contributed by atoms with E-state index >= 15 is 0 Å². The summed E-state index contributed by atoms with van der Waals surface area (Å²) in [5.74, 6) is -0.0426. The number of ketones is 1. The number of Topliss-reactive ketones (excluding diaryl/α,β-unsaturated/α-hetero) is 1. The molecule has 5 nitrogen and oxygen atoms in total. The van der Waals surface area contributed by atoms with Crippen LogP contribution in [0.15, 0.2) is 18.2 Å². The second kappa shape index (κ2) is 5.59. The van der Waals surface area contributed by atoms with Gasteiger partial charge in [-0.15, -0.1) is 0 Å². The van der Waals surface area contributed by atoms with Gasteiger partial charge in [-0.25, -0.2) is 0 Å². The Morgan fingerprint density at radius 3 is 2.95 bits per heavy atom. The molecule has 0 saturated carbocycles. The number of ether oxygens (including phenoxy) is 1. The van der Waals surface area contributed by atoms with E-state index in [1.54, 1.807) is 6.07 Å². The van der Waals surface area contributed by atoms with Gasteiger partial charge in [0.2, 0.25) is 0 Å². The molecule has 0 spiro atoms. The number of carbonyl (C=O) groups is 1. The normalized spacial score (nSPS) is 23.4. The third-order valence-corrected chi connectivity index (χ3v) is 3.46. The number of benzene rings is 1. The molecule has 0 radical (unpaired) electrons. The zero-order valence-corrected chi connectivity index (χ0v) is 11.3. The van der Waals surface area contributed by atoms with Crippen LogP contribution < -0.4 is 10.6 Å². The Kier molecular flexibility index (Phi) is 4.07. The number of hydrogen-bond donors (Lipinski definition) is 2. The molecule has 1 aromatic carbocycles. The number of aliphatic hydroxyl groups excluding tert-OH is 1. The first-order valence-electron chi connectivity index (χ1n) is 6.42. The smallest absolute Gasteiger partial charge is 0.161 e. The number of hydrogen-bond acceptors (Lipinski definition) is 5. The van der Waals surface area contributed by atoms with E-state index in [1.807, 2.05) is 12.1 Å². The van der Waals surface area contributed by atoms with E-state index in [9.17, 15) is 9.90 Å². The van der Waals surface area contributed by atoms with Crippen LogP contribution in [0.3, 0.4) is 0 Å². The Labute approximate surface area is 113 Å². The fraction of sp³-hybridized carbons (Fsp3) is 0.500. The molecule has 1 heterocycles. The van der Waals surface area contributed by atoms with Gasteiger partial charge in [0, 0.05) is 29.5 Å². The van der Waals surface area contributed by atoms with Crippen LogP contribution in [0.2, 0.25) is 0 Å². The van der Waals surface area contributed by atoms with Crippen LogP contribution in [0.5, 0.6) is 0 Å². The molecule has 0 amide bonds. The van der Waals surface area contributed by atoms with Crippen molar-refractivity contribution < 1.29 is 14.6 Å². The van der Waals surface area contributed by atoms with Gasteiger partial charge in [-0.2, -0.15) is 0 Å². The first kappa shape index (κ1) is 13.8. The van der Waals surface area contributed by atoms with Gasteiger partial charge < -0.3 is 20.5 Å². The van der Waals surface area contributed by atoms with Crippen LogP contribution in [-0.2, 0) is 4.74 Å². The second-order valence-corrected chi connectivity index (χ2v) is 4.97. The minimum atomic E-state index is -0.186. The third kappa shape index (κ3) is 2.88. The SMILES string of the molecule is CC(=O)c1cc(N2CC(CO)OCC2C)ccc1N. The van der Waals surface area contributed by atoms with E-state index in [2.05, 4.69) is 11.8 Å². The van der Waals surface area contributed by atoms with Crippen LogP contribution in [0.1, 0.15) is 24.2 Å². The minimum Gasteiger partial charge on any atom is -0.398 e. The fourth-order valence-electron chi connectivity index (χ4n) is 2.32. The molecule has 1 aromatic rings. The van der Waals surface area contributed by atoms with E-state index < -0.39 is 0 Å². The van der Waals surface area contributed by atoms with E-state index in [0.717, 1.165) is 5.69 Å². The average Bonchev–Trinajstić information content (AvgIpc) is 2.40. The topological polar surface area (TPSA) is 75.8 Å². The predicted octanol–water partition coefficient (Wildman–Crippen LogP) is 1.06. The summed E-state index contributed by atoms with van der Waals surface area (Å²) in [5, 5.41) is 9.20. The molecule has 1 aliphatic heterocycles. The van der Waals surface area contributed by atoms with Gasteiger partial charge in [-0.05, 0) is 32.0 Å². The van der Waals surface area contributed by atoms with Crippen LogP contribution in [0.25, 0.3) is 0 Å². The van der Waals surface area contributed by atoms with Crippen molar-refractivity contribution >= 4 is 17.2 Å². The molecule has 5 heteroatoms. The highest BCUT2D eigenvalue weighted by atomic mass is 16.5. The summed E-state index contributed by atoms with van der Waals surface area (Å²) < 4.78 is 5.51. The highest BCUT2D eigenvalue weighted by Gasteiger charge is 2.26. The van der Waals surface area contributed by atoms with Crippen molar-refractivity contribution in [1.82, 2.24) is 0 Å². The zero-order chi connectivity index (χ0) is 14.0. The first-order chi connectivity index (χ1) is 9.02. The number of nitrogen functional groups attached to an aromatic ring is 1. The lowest BCUT2D eigenvalue weighted by atomic mass is 10.1. The van der Waals surface area contributed by atoms with Crippen molar-refractivity contribution in [2.24, 2.45) is 0 Å². The molecule has 1 aliphatic rings. The van der Waals surface area contributed by atoms with Crippen molar-refractivity contribution in [1.29, 1.82) is 0 Å². The lowest BCUT2D eigenvalue weighted by molar-refractivity contribution is -0.0103. The molecule has 19 heavy (non-hydrogen) atoms. The second-order valence-electron chi connectivity index (χ2n) is 4.97. The number of carbonyl (C=O) groups excluding carboxylic acids is 1. The Balaban J connectivity index is 2.29. The number of nitrogens with two attached hydrogens (primary N) is 1. The van der Waals surface area contributed by atoms with Gasteiger partial charge in [-0.1, -0.05) is 0 Å². The van der Waals surface area contributed by atoms with Crippen LogP contribution >= 0.6 is 0 Å². The molecular weight excluding hydrogens is 244 g/mol. The average molecular weight is 264 g/mol. The summed E-state index contributed by atoms with van der Waals surface area (Å²) in [6.07, 6.45) is -0.186. The van der Waals surface area contributed by atoms with Gasteiger partial charge in [0.05, 0.1) is 19.3 Å². The third-order valence-electron chi connectivity index (χ3n) is 3.46. The van der Waals surface area contributed by atoms with Gasteiger partial charge in [0.15, 0.2) is 5.78 Å². The molecule has 1 fully saturated rings. The molecule has 2 rings (SSSR count). The van der Waals surface area contributed by atoms with E-state index in [1.165, 1.54) is 6.92 Å². The molecule has 0 bridgehead atoms. The van der Waals surface area contributed by atoms with Crippen molar-refractivity contribution in [3.05, 3.63) is 23.8 Å². The van der Waals surface area contributed by atoms with Gasteiger partial charge in [0.25, 0.3) is 0 Å². The molecule has 104 valence electrons. The molecule has 1 saturated heterocycles. The van der Waals surface area contributed by atoms with Crippen molar-refractivity contribution in [3.8, 4) is 0 Å². The van der Waals surface area contributed by atoms with Crippen LogP contribution in [-0.4, -0.2) is 42.8 Å². The predicted molar refractivity (Wildman–Crippen MR) is 74.5 cm³/mol.